The second-order valence-electron chi connectivity index (χ2n) is 3.49. The molecular formula is C10H12ClN. The molecule has 2 heteroatoms. The third kappa shape index (κ3) is 1.23. The summed E-state index contributed by atoms with van der Waals surface area (Å²) in [6.45, 7) is 0.743. The molecule has 1 fully saturated rings. The molecule has 0 atom stereocenters. The molecule has 0 radical (unpaired) electrons. The van der Waals surface area contributed by atoms with Crippen molar-refractivity contribution in [3.63, 3.8) is 0 Å². The van der Waals surface area contributed by atoms with Gasteiger partial charge in [-0.15, -0.1) is 0 Å². The zero-order valence-corrected chi connectivity index (χ0v) is 7.64. The van der Waals surface area contributed by atoms with E-state index < -0.39 is 0 Å². The maximum atomic E-state index is 5.89. The molecule has 0 saturated heterocycles. The molecule has 1 saturated carbocycles. The molecule has 2 N–H and O–H groups in total. The van der Waals surface area contributed by atoms with Crippen molar-refractivity contribution in [3.05, 3.63) is 34.9 Å². The Hall–Kier alpha value is -0.530. The van der Waals surface area contributed by atoms with Crippen molar-refractivity contribution in [2.24, 2.45) is 5.73 Å². The largest absolute Gasteiger partial charge is 0.330 e. The molecule has 0 aromatic heterocycles. The van der Waals surface area contributed by atoms with Crippen LogP contribution in [0.5, 0.6) is 0 Å². The molecule has 1 aliphatic rings. The molecule has 0 bridgehead atoms. The molecule has 0 aliphatic heterocycles. The summed E-state index contributed by atoms with van der Waals surface area (Å²) in [4.78, 5) is 0. The van der Waals surface area contributed by atoms with Crippen LogP contribution in [0.3, 0.4) is 0 Å². The normalized spacial score (nSPS) is 19.2. The molecule has 1 aliphatic carbocycles. The van der Waals surface area contributed by atoms with E-state index in [1.54, 1.807) is 0 Å². The van der Waals surface area contributed by atoms with Crippen molar-refractivity contribution in [1.82, 2.24) is 0 Å². The van der Waals surface area contributed by atoms with E-state index in [0.717, 1.165) is 11.6 Å². The molecule has 0 heterocycles. The molecule has 12 heavy (non-hydrogen) atoms. The van der Waals surface area contributed by atoms with Crippen LogP contribution < -0.4 is 5.73 Å². The maximum absolute atomic E-state index is 5.89. The lowest BCUT2D eigenvalue weighted by atomic mass is 9.96. The molecule has 64 valence electrons. The highest BCUT2D eigenvalue weighted by molar-refractivity contribution is 6.30. The van der Waals surface area contributed by atoms with E-state index in [2.05, 4.69) is 6.07 Å². The molecule has 0 unspecified atom stereocenters. The predicted octanol–water partition coefficient (Wildman–Crippen LogP) is 2.33. The van der Waals surface area contributed by atoms with Gasteiger partial charge < -0.3 is 5.73 Å². The van der Waals surface area contributed by atoms with Crippen molar-refractivity contribution < 1.29 is 0 Å². The summed E-state index contributed by atoms with van der Waals surface area (Å²) >= 11 is 5.89. The van der Waals surface area contributed by atoms with Crippen LogP contribution in [-0.4, -0.2) is 6.54 Å². The summed E-state index contributed by atoms with van der Waals surface area (Å²) in [5.41, 5.74) is 7.28. The van der Waals surface area contributed by atoms with Crippen LogP contribution in [0.1, 0.15) is 18.4 Å². The summed E-state index contributed by atoms with van der Waals surface area (Å²) in [7, 11) is 0. The molecule has 1 aromatic carbocycles. The highest BCUT2D eigenvalue weighted by Crippen LogP contribution is 2.47. The van der Waals surface area contributed by atoms with Crippen LogP contribution in [0.2, 0.25) is 5.02 Å². The molecule has 1 nitrogen and oxygen atoms in total. The fourth-order valence-corrected chi connectivity index (χ4v) is 1.77. The zero-order chi connectivity index (χ0) is 8.60. The summed E-state index contributed by atoms with van der Waals surface area (Å²) in [6, 6.07) is 8.04. The van der Waals surface area contributed by atoms with E-state index in [0.29, 0.717) is 0 Å². The van der Waals surface area contributed by atoms with Gasteiger partial charge in [0, 0.05) is 17.0 Å². The monoisotopic (exact) mass is 181 g/mol. The molecule has 0 spiro atoms. The lowest BCUT2D eigenvalue weighted by molar-refractivity contribution is 0.705. The van der Waals surface area contributed by atoms with E-state index >= 15 is 0 Å². The van der Waals surface area contributed by atoms with E-state index in [-0.39, 0.29) is 5.41 Å². The van der Waals surface area contributed by atoms with Crippen molar-refractivity contribution in [2.45, 2.75) is 18.3 Å². The Morgan fingerprint density at radius 3 is 2.67 bits per heavy atom. The van der Waals surface area contributed by atoms with E-state index in [4.69, 9.17) is 17.3 Å². The van der Waals surface area contributed by atoms with Gasteiger partial charge in [0.2, 0.25) is 0 Å². The standard InChI is InChI=1S/C10H12ClN/c11-9-3-1-2-8(6-9)10(7-12)4-5-10/h1-3,6H,4-5,7,12H2. The Kier molecular flexibility index (Phi) is 1.85. The molecule has 2 rings (SSSR count). The third-order valence-electron chi connectivity index (χ3n) is 2.68. The fraction of sp³-hybridized carbons (Fsp3) is 0.400. The van der Waals surface area contributed by atoms with Gasteiger partial charge in [-0.1, -0.05) is 23.7 Å². The van der Waals surface area contributed by atoms with Gasteiger partial charge in [0.25, 0.3) is 0 Å². The van der Waals surface area contributed by atoms with Gasteiger partial charge in [0.1, 0.15) is 0 Å². The second-order valence-corrected chi connectivity index (χ2v) is 3.93. The highest BCUT2D eigenvalue weighted by atomic mass is 35.5. The minimum Gasteiger partial charge on any atom is -0.330 e. The first-order valence-corrected chi connectivity index (χ1v) is 4.61. The predicted molar refractivity (Wildman–Crippen MR) is 51.4 cm³/mol. The highest BCUT2D eigenvalue weighted by Gasteiger charge is 2.42. The topological polar surface area (TPSA) is 26.0 Å². The van der Waals surface area contributed by atoms with Gasteiger partial charge in [0.15, 0.2) is 0 Å². The first-order valence-electron chi connectivity index (χ1n) is 4.23. The van der Waals surface area contributed by atoms with Crippen LogP contribution in [-0.2, 0) is 5.41 Å². The zero-order valence-electron chi connectivity index (χ0n) is 6.89. The molecule has 0 amide bonds. The Morgan fingerprint density at radius 2 is 2.17 bits per heavy atom. The minimum atomic E-state index is 0.269. The smallest absolute Gasteiger partial charge is 0.0408 e. The minimum absolute atomic E-state index is 0.269. The van der Waals surface area contributed by atoms with Gasteiger partial charge in [-0.05, 0) is 30.5 Å². The Bertz CT molecular complexity index is 292. The average molecular weight is 182 g/mol. The van der Waals surface area contributed by atoms with Gasteiger partial charge in [-0.3, -0.25) is 0 Å². The summed E-state index contributed by atoms with van der Waals surface area (Å²) in [6.07, 6.45) is 2.42. The number of nitrogens with two attached hydrogens (primary N) is 1. The third-order valence-corrected chi connectivity index (χ3v) is 2.92. The van der Waals surface area contributed by atoms with Gasteiger partial charge >= 0.3 is 0 Å². The van der Waals surface area contributed by atoms with Crippen molar-refractivity contribution in [2.75, 3.05) is 6.54 Å². The molecule has 1 aromatic rings. The fourth-order valence-electron chi connectivity index (χ4n) is 1.58. The van der Waals surface area contributed by atoms with Crippen molar-refractivity contribution in [1.29, 1.82) is 0 Å². The van der Waals surface area contributed by atoms with Crippen LogP contribution in [0.25, 0.3) is 0 Å². The lowest BCUT2D eigenvalue weighted by Crippen LogP contribution is -2.19. The summed E-state index contributed by atoms with van der Waals surface area (Å²) < 4.78 is 0. The van der Waals surface area contributed by atoms with E-state index in [1.807, 2.05) is 18.2 Å². The van der Waals surface area contributed by atoms with Crippen LogP contribution in [0.15, 0.2) is 24.3 Å². The molecular weight excluding hydrogens is 170 g/mol. The number of rotatable bonds is 2. The summed E-state index contributed by atoms with van der Waals surface area (Å²) in [5.74, 6) is 0. The number of benzene rings is 1. The second kappa shape index (κ2) is 2.75. The first-order chi connectivity index (χ1) is 5.77. The summed E-state index contributed by atoms with van der Waals surface area (Å²) in [5, 5.41) is 0.812. The van der Waals surface area contributed by atoms with Gasteiger partial charge in [0.05, 0.1) is 0 Å². The Balaban J connectivity index is 2.34. The van der Waals surface area contributed by atoms with Crippen LogP contribution in [0, 0.1) is 0 Å². The number of halogens is 1. The number of hydrogen-bond acceptors (Lipinski definition) is 1. The van der Waals surface area contributed by atoms with Crippen molar-refractivity contribution in [3.8, 4) is 0 Å². The first kappa shape index (κ1) is 8.09. The SMILES string of the molecule is NCC1(c2cccc(Cl)c2)CC1. The van der Waals surface area contributed by atoms with Gasteiger partial charge in [-0.2, -0.15) is 0 Å². The maximum Gasteiger partial charge on any atom is 0.0408 e. The van der Waals surface area contributed by atoms with Crippen molar-refractivity contribution >= 4 is 11.6 Å². The Labute approximate surface area is 77.5 Å². The van der Waals surface area contributed by atoms with Crippen LogP contribution in [0.4, 0.5) is 0 Å². The van der Waals surface area contributed by atoms with Gasteiger partial charge in [-0.25, -0.2) is 0 Å². The lowest BCUT2D eigenvalue weighted by Gasteiger charge is -2.12. The Morgan fingerprint density at radius 1 is 1.42 bits per heavy atom. The van der Waals surface area contributed by atoms with E-state index in [9.17, 15) is 0 Å². The quantitative estimate of drug-likeness (QED) is 0.745. The average Bonchev–Trinajstić information content (AvgIpc) is 2.84. The van der Waals surface area contributed by atoms with E-state index in [1.165, 1.54) is 18.4 Å². The van der Waals surface area contributed by atoms with Crippen LogP contribution >= 0.6 is 11.6 Å². The number of hydrogen-bond donors (Lipinski definition) is 1.